The van der Waals surface area contributed by atoms with E-state index in [0.717, 1.165) is 37.4 Å². The summed E-state index contributed by atoms with van der Waals surface area (Å²) in [5.41, 5.74) is 9.27. The minimum Gasteiger partial charge on any atom is -0.389 e. The van der Waals surface area contributed by atoms with Crippen LogP contribution in [0.5, 0.6) is 0 Å². The number of anilines is 1. The number of nitrogens with two attached hydrogens (primary N) is 1. The van der Waals surface area contributed by atoms with E-state index >= 15 is 0 Å². The molecule has 0 aromatic carbocycles. The molecular weight excluding hydrogens is 270 g/mol. The predicted molar refractivity (Wildman–Crippen MR) is 86.5 cm³/mol. The largest absolute Gasteiger partial charge is 0.389 e. The van der Waals surface area contributed by atoms with Gasteiger partial charge < -0.3 is 15.4 Å². The third-order valence-corrected chi connectivity index (χ3v) is 3.90. The Morgan fingerprint density at radius 1 is 1.45 bits per heavy atom. The van der Waals surface area contributed by atoms with Crippen molar-refractivity contribution in [2.45, 2.75) is 32.6 Å². The summed E-state index contributed by atoms with van der Waals surface area (Å²) in [5, 5.41) is 0. The molecule has 4 nitrogen and oxygen atoms in total. The number of aryl methyl sites for hydroxylation is 2. The number of rotatable bonds is 6. The monoisotopic (exact) mass is 293 g/mol. The zero-order valence-electron chi connectivity index (χ0n) is 12.3. The molecule has 0 atom stereocenters. The van der Waals surface area contributed by atoms with Crippen molar-refractivity contribution in [1.82, 2.24) is 4.98 Å². The van der Waals surface area contributed by atoms with Crippen molar-refractivity contribution in [3.63, 3.8) is 0 Å². The molecule has 2 rings (SSSR count). The standard InChI is InChI=1S/C15H23N3OS/c1-3-19-9-8-18(2)15-12(14(16)20)10-11-6-4-5-7-13(11)17-15/h10H,3-9H2,1-2H3,(H2,16,20). The van der Waals surface area contributed by atoms with Gasteiger partial charge in [-0.1, -0.05) is 12.2 Å². The first kappa shape index (κ1) is 15.2. The molecule has 110 valence electrons. The van der Waals surface area contributed by atoms with Gasteiger partial charge in [-0.25, -0.2) is 4.98 Å². The first-order chi connectivity index (χ1) is 9.63. The quantitative estimate of drug-likeness (QED) is 0.643. The van der Waals surface area contributed by atoms with Crippen LogP contribution in [0.1, 0.15) is 36.6 Å². The fraction of sp³-hybridized carbons (Fsp3) is 0.600. The van der Waals surface area contributed by atoms with Crippen LogP contribution in [0, 0.1) is 0 Å². The second-order valence-electron chi connectivity index (χ2n) is 5.16. The molecule has 0 unspecified atom stereocenters. The lowest BCUT2D eigenvalue weighted by Gasteiger charge is -2.24. The van der Waals surface area contributed by atoms with E-state index in [-0.39, 0.29) is 0 Å². The topological polar surface area (TPSA) is 51.4 Å². The van der Waals surface area contributed by atoms with Gasteiger partial charge in [0.05, 0.1) is 12.2 Å². The number of pyridine rings is 1. The van der Waals surface area contributed by atoms with Crippen molar-refractivity contribution >= 4 is 23.0 Å². The van der Waals surface area contributed by atoms with Gasteiger partial charge in [-0.2, -0.15) is 0 Å². The number of hydrogen-bond acceptors (Lipinski definition) is 4. The predicted octanol–water partition coefficient (Wildman–Crippen LogP) is 2.07. The molecule has 1 aromatic rings. The van der Waals surface area contributed by atoms with Crippen LogP contribution < -0.4 is 10.6 Å². The maximum Gasteiger partial charge on any atom is 0.138 e. The Labute approximate surface area is 126 Å². The number of thiocarbonyl (C=S) groups is 1. The molecule has 0 spiro atoms. The summed E-state index contributed by atoms with van der Waals surface area (Å²) in [6.07, 6.45) is 4.58. The van der Waals surface area contributed by atoms with Crippen molar-refractivity contribution in [3.05, 3.63) is 22.9 Å². The minimum atomic E-state index is 0.420. The molecular formula is C15H23N3OS. The first-order valence-corrected chi connectivity index (χ1v) is 7.65. The fourth-order valence-electron chi connectivity index (χ4n) is 2.55. The summed E-state index contributed by atoms with van der Waals surface area (Å²) in [4.78, 5) is 7.32. The van der Waals surface area contributed by atoms with Crippen molar-refractivity contribution in [2.24, 2.45) is 5.73 Å². The van der Waals surface area contributed by atoms with Gasteiger partial charge in [0.2, 0.25) is 0 Å². The minimum absolute atomic E-state index is 0.420. The summed E-state index contributed by atoms with van der Waals surface area (Å²) in [5.74, 6) is 0.887. The molecule has 0 radical (unpaired) electrons. The van der Waals surface area contributed by atoms with Gasteiger partial charge in [0, 0.05) is 25.9 Å². The smallest absolute Gasteiger partial charge is 0.138 e. The van der Waals surface area contributed by atoms with E-state index < -0.39 is 0 Å². The van der Waals surface area contributed by atoms with E-state index in [1.54, 1.807) is 0 Å². The second-order valence-corrected chi connectivity index (χ2v) is 5.60. The van der Waals surface area contributed by atoms with Gasteiger partial charge in [0.15, 0.2) is 0 Å². The second kappa shape index (κ2) is 6.99. The molecule has 1 aliphatic carbocycles. The summed E-state index contributed by atoms with van der Waals surface area (Å²) >= 11 is 5.19. The number of ether oxygens (including phenoxy) is 1. The third-order valence-electron chi connectivity index (χ3n) is 3.68. The van der Waals surface area contributed by atoms with Crippen molar-refractivity contribution in [3.8, 4) is 0 Å². The normalized spacial score (nSPS) is 13.9. The van der Waals surface area contributed by atoms with Gasteiger partial charge >= 0.3 is 0 Å². The van der Waals surface area contributed by atoms with E-state index in [2.05, 4.69) is 11.0 Å². The van der Waals surface area contributed by atoms with Crippen LogP contribution in [-0.2, 0) is 17.6 Å². The number of aromatic nitrogens is 1. The number of hydrogen-bond donors (Lipinski definition) is 1. The van der Waals surface area contributed by atoms with Crippen LogP contribution in [0.4, 0.5) is 5.82 Å². The van der Waals surface area contributed by atoms with Crippen LogP contribution in [0.2, 0.25) is 0 Å². The average molecular weight is 293 g/mol. The zero-order chi connectivity index (χ0) is 14.5. The summed E-state index contributed by atoms with van der Waals surface area (Å²) < 4.78 is 5.41. The molecule has 1 heterocycles. The SMILES string of the molecule is CCOCCN(C)c1nc2c(cc1C(N)=S)CCCC2. The van der Waals surface area contributed by atoms with E-state index in [1.165, 1.54) is 24.1 Å². The Morgan fingerprint density at radius 3 is 2.90 bits per heavy atom. The molecule has 2 N–H and O–H groups in total. The molecule has 0 amide bonds. The van der Waals surface area contributed by atoms with Crippen molar-refractivity contribution < 1.29 is 4.74 Å². The highest BCUT2D eigenvalue weighted by Gasteiger charge is 2.18. The summed E-state index contributed by atoms with van der Waals surface area (Å²) in [7, 11) is 2.01. The fourth-order valence-corrected chi connectivity index (χ4v) is 2.70. The van der Waals surface area contributed by atoms with Crippen molar-refractivity contribution in [1.29, 1.82) is 0 Å². The van der Waals surface area contributed by atoms with Crippen LogP contribution in [0.15, 0.2) is 6.07 Å². The molecule has 0 saturated heterocycles. The van der Waals surface area contributed by atoms with Crippen LogP contribution >= 0.6 is 12.2 Å². The molecule has 5 heteroatoms. The third kappa shape index (κ3) is 3.46. The highest BCUT2D eigenvalue weighted by molar-refractivity contribution is 7.80. The summed E-state index contributed by atoms with van der Waals surface area (Å²) in [6, 6.07) is 2.14. The Hall–Kier alpha value is -1.20. The van der Waals surface area contributed by atoms with Crippen LogP contribution in [0.25, 0.3) is 0 Å². The molecule has 20 heavy (non-hydrogen) atoms. The van der Waals surface area contributed by atoms with Crippen molar-refractivity contribution in [2.75, 3.05) is 31.7 Å². The molecule has 1 aliphatic rings. The van der Waals surface area contributed by atoms with E-state index in [1.807, 2.05) is 14.0 Å². The highest BCUT2D eigenvalue weighted by Crippen LogP contribution is 2.26. The summed E-state index contributed by atoms with van der Waals surface area (Å²) in [6.45, 7) is 4.20. The van der Waals surface area contributed by atoms with E-state index in [0.29, 0.717) is 11.6 Å². The molecule has 0 aliphatic heterocycles. The maximum absolute atomic E-state index is 5.87. The Kier molecular flexibility index (Phi) is 5.31. The average Bonchev–Trinajstić information content (AvgIpc) is 2.46. The molecule has 0 saturated carbocycles. The molecule has 0 fully saturated rings. The number of likely N-dealkylation sites (N-methyl/N-ethyl adjacent to an activating group) is 1. The Morgan fingerprint density at radius 2 is 2.20 bits per heavy atom. The zero-order valence-corrected chi connectivity index (χ0v) is 13.1. The van der Waals surface area contributed by atoms with Crippen LogP contribution in [-0.4, -0.2) is 36.8 Å². The van der Waals surface area contributed by atoms with E-state index in [9.17, 15) is 0 Å². The van der Waals surface area contributed by atoms with E-state index in [4.69, 9.17) is 27.7 Å². The van der Waals surface area contributed by atoms with Gasteiger partial charge in [-0.15, -0.1) is 0 Å². The van der Waals surface area contributed by atoms with Gasteiger partial charge in [-0.3, -0.25) is 0 Å². The van der Waals surface area contributed by atoms with Crippen LogP contribution in [0.3, 0.4) is 0 Å². The maximum atomic E-state index is 5.87. The lowest BCUT2D eigenvalue weighted by molar-refractivity contribution is 0.154. The number of fused-ring (bicyclic) bond motifs is 1. The highest BCUT2D eigenvalue weighted by atomic mass is 32.1. The molecule has 1 aromatic heterocycles. The van der Waals surface area contributed by atoms with Gasteiger partial charge in [0.1, 0.15) is 10.8 Å². The van der Waals surface area contributed by atoms with Gasteiger partial charge in [-0.05, 0) is 44.2 Å². The Bertz CT molecular complexity index is 490. The number of nitrogens with zero attached hydrogens (tertiary/aromatic N) is 2. The first-order valence-electron chi connectivity index (χ1n) is 7.25. The van der Waals surface area contributed by atoms with Gasteiger partial charge in [0.25, 0.3) is 0 Å². The Balaban J connectivity index is 2.27. The lowest BCUT2D eigenvalue weighted by Crippen LogP contribution is -2.28. The molecule has 0 bridgehead atoms. The lowest BCUT2D eigenvalue weighted by atomic mass is 9.94.